The van der Waals surface area contributed by atoms with Crippen LogP contribution in [0.5, 0.6) is 5.75 Å². The maximum Gasteiger partial charge on any atom is 0.191 e. The van der Waals surface area contributed by atoms with E-state index in [0.29, 0.717) is 12.5 Å². The number of halogens is 1. The summed E-state index contributed by atoms with van der Waals surface area (Å²) in [4.78, 5) is 10.1. The molecule has 0 saturated carbocycles. The molecule has 5 nitrogen and oxygen atoms in total. The molecule has 7 heteroatoms. The molecule has 0 fully saturated rings. The van der Waals surface area contributed by atoms with Gasteiger partial charge in [-0.15, -0.1) is 11.3 Å². The zero-order valence-electron chi connectivity index (χ0n) is 15.1. The molecule has 0 amide bonds. The number of aromatic nitrogens is 1. The normalized spacial score (nSPS) is 12.8. The second kappa shape index (κ2) is 9.36. The van der Waals surface area contributed by atoms with Gasteiger partial charge < -0.3 is 15.4 Å². The molecule has 2 aromatic rings. The second-order valence-electron chi connectivity index (χ2n) is 5.64. The van der Waals surface area contributed by atoms with Crippen LogP contribution in [0.2, 0.25) is 0 Å². The van der Waals surface area contributed by atoms with E-state index in [4.69, 9.17) is 4.74 Å². The van der Waals surface area contributed by atoms with E-state index in [-0.39, 0.29) is 17.6 Å². The number of aliphatic imine (C=N–C) groups is 1. The van der Waals surface area contributed by atoms with Crippen molar-refractivity contribution in [1.29, 1.82) is 0 Å². The van der Waals surface area contributed by atoms with E-state index in [1.165, 1.54) is 18.1 Å². The zero-order chi connectivity index (χ0) is 18.2. The summed E-state index contributed by atoms with van der Waals surface area (Å²) >= 11 is 1.69. The first-order valence-corrected chi connectivity index (χ1v) is 9.14. The van der Waals surface area contributed by atoms with Crippen molar-refractivity contribution in [1.82, 2.24) is 15.6 Å². The van der Waals surface area contributed by atoms with Gasteiger partial charge in [0.2, 0.25) is 0 Å². The predicted molar refractivity (Wildman–Crippen MR) is 101 cm³/mol. The van der Waals surface area contributed by atoms with Gasteiger partial charge in [-0.25, -0.2) is 9.37 Å². The van der Waals surface area contributed by atoms with E-state index in [1.807, 2.05) is 33.0 Å². The molecule has 25 heavy (non-hydrogen) atoms. The Kier molecular flexibility index (Phi) is 7.18. The van der Waals surface area contributed by atoms with Crippen molar-refractivity contribution in [2.75, 3.05) is 20.2 Å². The van der Waals surface area contributed by atoms with Crippen LogP contribution in [0.25, 0.3) is 0 Å². The van der Waals surface area contributed by atoms with Crippen LogP contribution in [0.1, 0.15) is 35.3 Å². The van der Waals surface area contributed by atoms with Crippen LogP contribution in [-0.4, -0.2) is 31.1 Å². The van der Waals surface area contributed by atoms with Crippen molar-refractivity contribution in [2.24, 2.45) is 4.99 Å². The van der Waals surface area contributed by atoms with Crippen molar-refractivity contribution < 1.29 is 9.13 Å². The van der Waals surface area contributed by atoms with Crippen LogP contribution in [0.3, 0.4) is 0 Å². The highest BCUT2D eigenvalue weighted by atomic mass is 32.1. The first kappa shape index (κ1) is 19.2. The molecule has 0 aliphatic heterocycles. The van der Waals surface area contributed by atoms with Crippen molar-refractivity contribution in [3.63, 3.8) is 0 Å². The summed E-state index contributed by atoms with van der Waals surface area (Å²) in [6, 6.07) is 4.89. The van der Waals surface area contributed by atoms with E-state index in [0.717, 1.165) is 23.5 Å². The summed E-state index contributed by atoms with van der Waals surface area (Å²) in [7, 11) is 1.46. The fraction of sp³-hybridized carbons (Fsp3) is 0.444. The SMILES string of the molecule is CCNC(=NCCc1ncc(C)s1)NC(C)c1ccc(OC)c(F)c1. The summed E-state index contributed by atoms with van der Waals surface area (Å²) in [6.45, 7) is 7.43. The van der Waals surface area contributed by atoms with Crippen LogP contribution in [0, 0.1) is 12.7 Å². The minimum atomic E-state index is -0.366. The van der Waals surface area contributed by atoms with E-state index >= 15 is 0 Å². The summed E-state index contributed by atoms with van der Waals surface area (Å²) in [6.07, 6.45) is 2.69. The second-order valence-corrected chi connectivity index (χ2v) is 6.95. The molecule has 1 unspecified atom stereocenters. The van der Waals surface area contributed by atoms with Gasteiger partial charge in [0.05, 0.1) is 18.2 Å². The van der Waals surface area contributed by atoms with E-state index in [2.05, 4.69) is 20.6 Å². The smallest absolute Gasteiger partial charge is 0.191 e. The number of thiazole rings is 1. The maximum atomic E-state index is 13.9. The average molecular weight is 364 g/mol. The molecule has 136 valence electrons. The Bertz CT molecular complexity index is 717. The van der Waals surface area contributed by atoms with Gasteiger partial charge in [-0.2, -0.15) is 0 Å². The molecule has 0 spiro atoms. The molecule has 1 aromatic heterocycles. The third-order valence-electron chi connectivity index (χ3n) is 3.64. The number of ether oxygens (including phenoxy) is 1. The molecule has 0 aliphatic carbocycles. The number of methoxy groups -OCH3 is 1. The van der Waals surface area contributed by atoms with Crippen molar-refractivity contribution >= 4 is 17.3 Å². The van der Waals surface area contributed by atoms with E-state index < -0.39 is 0 Å². The Morgan fingerprint density at radius 3 is 2.84 bits per heavy atom. The number of hydrogen-bond acceptors (Lipinski definition) is 4. The van der Waals surface area contributed by atoms with Gasteiger partial charge in [0.1, 0.15) is 0 Å². The molecule has 1 atom stereocenters. The lowest BCUT2D eigenvalue weighted by Crippen LogP contribution is -2.38. The molecular formula is C18H25FN4OS. The molecule has 2 rings (SSSR count). The van der Waals surface area contributed by atoms with Crippen LogP contribution in [0.4, 0.5) is 4.39 Å². The van der Waals surface area contributed by atoms with Gasteiger partial charge in [-0.05, 0) is 38.5 Å². The summed E-state index contributed by atoms with van der Waals surface area (Å²) in [5, 5.41) is 7.61. The number of hydrogen-bond donors (Lipinski definition) is 2. The standard InChI is InChI=1S/C18H25FN4OS/c1-5-20-18(21-9-8-17-22-11-12(2)25-17)23-13(3)14-6-7-16(24-4)15(19)10-14/h6-7,10-11,13H,5,8-9H2,1-4H3,(H2,20,21,23). The van der Waals surface area contributed by atoms with Crippen LogP contribution in [-0.2, 0) is 6.42 Å². The Labute approximate surface area is 152 Å². The predicted octanol–water partition coefficient (Wildman–Crippen LogP) is 3.46. The van der Waals surface area contributed by atoms with Crippen LogP contribution in [0.15, 0.2) is 29.4 Å². The third kappa shape index (κ3) is 5.70. The Morgan fingerprint density at radius 2 is 2.24 bits per heavy atom. The molecular weight excluding hydrogens is 339 g/mol. The fourth-order valence-electron chi connectivity index (χ4n) is 2.34. The minimum absolute atomic E-state index is 0.0830. The summed E-state index contributed by atoms with van der Waals surface area (Å²) in [5.74, 6) is 0.587. The number of aryl methyl sites for hydroxylation is 1. The zero-order valence-corrected chi connectivity index (χ0v) is 15.9. The lowest BCUT2D eigenvalue weighted by atomic mass is 10.1. The highest BCUT2D eigenvalue weighted by Crippen LogP contribution is 2.21. The van der Waals surface area contributed by atoms with Gasteiger partial charge in [0.25, 0.3) is 0 Å². The number of rotatable bonds is 7. The highest BCUT2D eigenvalue weighted by molar-refractivity contribution is 7.11. The van der Waals surface area contributed by atoms with Crippen LogP contribution >= 0.6 is 11.3 Å². The number of nitrogens with zero attached hydrogens (tertiary/aromatic N) is 2. The molecule has 0 saturated heterocycles. The summed E-state index contributed by atoms with van der Waals surface area (Å²) < 4.78 is 18.8. The average Bonchev–Trinajstić information content (AvgIpc) is 3.00. The number of nitrogens with one attached hydrogen (secondary N) is 2. The Balaban J connectivity index is 1.99. The molecule has 1 heterocycles. The fourth-order valence-corrected chi connectivity index (χ4v) is 3.12. The third-order valence-corrected chi connectivity index (χ3v) is 4.61. The first-order valence-electron chi connectivity index (χ1n) is 8.33. The molecule has 1 aromatic carbocycles. The van der Waals surface area contributed by atoms with Gasteiger partial charge >= 0.3 is 0 Å². The topological polar surface area (TPSA) is 58.5 Å². The van der Waals surface area contributed by atoms with Gasteiger partial charge in [0.15, 0.2) is 17.5 Å². The minimum Gasteiger partial charge on any atom is -0.494 e. The summed E-state index contributed by atoms with van der Waals surface area (Å²) in [5.41, 5.74) is 0.833. The van der Waals surface area contributed by atoms with Gasteiger partial charge in [0, 0.05) is 30.6 Å². The maximum absolute atomic E-state index is 13.9. The van der Waals surface area contributed by atoms with Crippen molar-refractivity contribution in [3.05, 3.63) is 45.7 Å². The van der Waals surface area contributed by atoms with E-state index in [1.54, 1.807) is 17.4 Å². The van der Waals surface area contributed by atoms with Gasteiger partial charge in [-0.3, -0.25) is 4.99 Å². The number of benzene rings is 1. The van der Waals surface area contributed by atoms with Crippen molar-refractivity contribution in [2.45, 2.75) is 33.2 Å². The number of guanidine groups is 1. The molecule has 0 bridgehead atoms. The first-order chi connectivity index (χ1) is 12.0. The monoisotopic (exact) mass is 364 g/mol. The Hall–Kier alpha value is -2.15. The molecule has 0 radical (unpaired) electrons. The quantitative estimate of drug-likeness (QED) is 0.583. The van der Waals surface area contributed by atoms with Gasteiger partial charge in [-0.1, -0.05) is 6.07 Å². The molecule has 2 N–H and O–H groups in total. The van der Waals surface area contributed by atoms with Crippen LogP contribution < -0.4 is 15.4 Å². The lowest BCUT2D eigenvalue weighted by Gasteiger charge is -2.18. The largest absolute Gasteiger partial charge is 0.494 e. The Morgan fingerprint density at radius 1 is 1.44 bits per heavy atom. The van der Waals surface area contributed by atoms with E-state index in [9.17, 15) is 4.39 Å². The highest BCUT2D eigenvalue weighted by Gasteiger charge is 2.11. The lowest BCUT2D eigenvalue weighted by molar-refractivity contribution is 0.386. The van der Waals surface area contributed by atoms with Crippen molar-refractivity contribution in [3.8, 4) is 5.75 Å². The molecule has 0 aliphatic rings.